The summed E-state index contributed by atoms with van der Waals surface area (Å²) < 4.78 is 5.92. The first-order chi connectivity index (χ1) is 10.8. The number of ether oxygens (including phenoxy) is 1. The zero-order chi connectivity index (χ0) is 15.2. The van der Waals surface area contributed by atoms with Gasteiger partial charge >= 0.3 is 0 Å². The van der Waals surface area contributed by atoms with Gasteiger partial charge in [-0.05, 0) is 30.9 Å². The highest BCUT2D eigenvalue weighted by Gasteiger charge is 2.14. The number of hydrogen-bond donors (Lipinski definition) is 1. The van der Waals surface area contributed by atoms with E-state index < -0.39 is 0 Å². The lowest BCUT2D eigenvalue weighted by atomic mass is 10.1. The Balaban J connectivity index is 1.48. The normalized spacial score (nSPS) is 15.7. The van der Waals surface area contributed by atoms with Crippen LogP contribution in [-0.2, 0) is 11.3 Å². The topological polar surface area (TPSA) is 46.5 Å². The average Bonchev–Trinajstić information content (AvgIpc) is 3.18. The summed E-state index contributed by atoms with van der Waals surface area (Å²) in [5.41, 5.74) is 6.23. The van der Waals surface area contributed by atoms with Gasteiger partial charge in [-0.15, -0.1) is 11.3 Å². The minimum absolute atomic E-state index is 0.465. The van der Waals surface area contributed by atoms with E-state index in [4.69, 9.17) is 4.74 Å². The summed E-state index contributed by atoms with van der Waals surface area (Å²) in [6.07, 6.45) is 7.32. The largest absolute Gasteiger partial charge is 0.374 e. The van der Waals surface area contributed by atoms with Crippen LogP contribution in [0.25, 0.3) is 0 Å². The number of thiazole rings is 1. The molecule has 22 heavy (non-hydrogen) atoms. The molecule has 2 aromatic rings. The maximum atomic E-state index is 5.92. The number of aromatic nitrogens is 1. The molecule has 1 aliphatic rings. The molecule has 0 aliphatic heterocycles. The minimum atomic E-state index is 0.465. The molecule has 1 saturated carbocycles. The van der Waals surface area contributed by atoms with Crippen molar-refractivity contribution in [3.63, 3.8) is 0 Å². The Labute approximate surface area is 135 Å². The molecule has 1 aromatic carbocycles. The molecule has 3 rings (SSSR count). The molecule has 5 heteroatoms. The zero-order valence-corrected chi connectivity index (χ0v) is 13.6. The standard InChI is InChI=1S/C17H21N3OS/c1-13-12-22-17(19-13)20-18-10-14-6-8-15(9-7-14)11-21-16-4-2-3-5-16/h6-10,12,16H,2-5,11H2,1H3,(H,19,20). The van der Waals surface area contributed by atoms with Gasteiger partial charge in [0.1, 0.15) is 0 Å². The van der Waals surface area contributed by atoms with Crippen LogP contribution >= 0.6 is 11.3 Å². The first-order valence-corrected chi connectivity index (χ1v) is 8.59. The maximum Gasteiger partial charge on any atom is 0.203 e. The van der Waals surface area contributed by atoms with Crippen molar-refractivity contribution in [3.8, 4) is 0 Å². The lowest BCUT2D eigenvalue weighted by molar-refractivity contribution is 0.0457. The van der Waals surface area contributed by atoms with Gasteiger partial charge < -0.3 is 4.74 Å². The molecule has 1 aliphatic carbocycles. The SMILES string of the molecule is Cc1csc(NN=Cc2ccc(COC3CCCC3)cc2)n1. The highest BCUT2D eigenvalue weighted by molar-refractivity contribution is 7.13. The molecule has 0 amide bonds. The lowest BCUT2D eigenvalue weighted by Crippen LogP contribution is -2.07. The van der Waals surface area contributed by atoms with Gasteiger partial charge in [-0.3, -0.25) is 5.43 Å². The Kier molecular flexibility index (Phi) is 5.19. The molecule has 4 nitrogen and oxygen atoms in total. The van der Waals surface area contributed by atoms with Gasteiger partial charge in [-0.25, -0.2) is 4.98 Å². The van der Waals surface area contributed by atoms with Crippen LogP contribution in [0, 0.1) is 6.92 Å². The smallest absolute Gasteiger partial charge is 0.203 e. The van der Waals surface area contributed by atoms with Crippen molar-refractivity contribution in [3.05, 3.63) is 46.5 Å². The first-order valence-electron chi connectivity index (χ1n) is 7.71. The highest BCUT2D eigenvalue weighted by atomic mass is 32.1. The predicted octanol–water partition coefficient (Wildman–Crippen LogP) is 4.36. The van der Waals surface area contributed by atoms with E-state index in [9.17, 15) is 0 Å². The molecule has 0 unspecified atom stereocenters. The summed E-state index contributed by atoms with van der Waals surface area (Å²) in [5, 5.41) is 7.02. The molecule has 0 radical (unpaired) electrons. The van der Waals surface area contributed by atoms with Crippen LogP contribution in [0.4, 0.5) is 5.13 Å². The number of benzene rings is 1. The fourth-order valence-corrected chi connectivity index (χ4v) is 3.17. The van der Waals surface area contributed by atoms with Crippen LogP contribution in [0.15, 0.2) is 34.7 Å². The van der Waals surface area contributed by atoms with Crippen LogP contribution in [-0.4, -0.2) is 17.3 Å². The number of hydrazone groups is 1. The summed E-state index contributed by atoms with van der Waals surface area (Å²) >= 11 is 1.55. The van der Waals surface area contributed by atoms with Gasteiger partial charge in [-0.2, -0.15) is 5.10 Å². The molecule has 0 bridgehead atoms. The van der Waals surface area contributed by atoms with E-state index in [2.05, 4.69) is 39.8 Å². The Bertz CT molecular complexity index is 615. The number of aryl methyl sites for hydroxylation is 1. The Morgan fingerprint density at radius 1 is 1.32 bits per heavy atom. The number of anilines is 1. The number of rotatable bonds is 6. The molecule has 1 heterocycles. The number of hydrogen-bond acceptors (Lipinski definition) is 5. The van der Waals surface area contributed by atoms with Gasteiger partial charge in [-0.1, -0.05) is 37.1 Å². The van der Waals surface area contributed by atoms with Crippen molar-refractivity contribution >= 4 is 22.7 Å². The van der Waals surface area contributed by atoms with Gasteiger partial charge in [0.15, 0.2) is 0 Å². The van der Waals surface area contributed by atoms with Crippen molar-refractivity contribution in [2.75, 3.05) is 5.43 Å². The number of nitrogens with one attached hydrogen (secondary N) is 1. The molecule has 0 spiro atoms. The van der Waals surface area contributed by atoms with E-state index in [1.165, 1.54) is 31.2 Å². The second-order valence-corrected chi connectivity index (χ2v) is 6.48. The summed E-state index contributed by atoms with van der Waals surface area (Å²) in [7, 11) is 0. The van der Waals surface area contributed by atoms with Crippen LogP contribution in [0.3, 0.4) is 0 Å². The fraction of sp³-hybridized carbons (Fsp3) is 0.412. The van der Waals surface area contributed by atoms with Crippen molar-refractivity contribution in [2.45, 2.75) is 45.3 Å². The highest BCUT2D eigenvalue weighted by Crippen LogP contribution is 2.22. The number of nitrogens with zero attached hydrogens (tertiary/aromatic N) is 2. The quantitative estimate of drug-likeness (QED) is 0.636. The van der Waals surface area contributed by atoms with Crippen LogP contribution < -0.4 is 5.43 Å². The van der Waals surface area contributed by atoms with Gasteiger partial charge in [0.05, 0.1) is 24.6 Å². The Morgan fingerprint density at radius 2 is 2.09 bits per heavy atom. The summed E-state index contributed by atoms with van der Waals surface area (Å²) in [4.78, 5) is 4.30. The predicted molar refractivity (Wildman–Crippen MR) is 91.6 cm³/mol. The molecular formula is C17H21N3OS. The fourth-order valence-electron chi connectivity index (χ4n) is 2.54. The molecule has 0 atom stereocenters. The van der Waals surface area contributed by atoms with Gasteiger partial charge in [0.2, 0.25) is 5.13 Å². The first kappa shape index (κ1) is 15.2. The third-order valence-corrected chi connectivity index (χ3v) is 4.63. The van der Waals surface area contributed by atoms with Crippen molar-refractivity contribution < 1.29 is 4.74 Å². The van der Waals surface area contributed by atoms with E-state index in [0.717, 1.165) is 16.4 Å². The molecule has 1 aromatic heterocycles. The third kappa shape index (κ3) is 4.39. The van der Waals surface area contributed by atoms with E-state index in [0.29, 0.717) is 12.7 Å². The second-order valence-electron chi connectivity index (χ2n) is 5.62. The van der Waals surface area contributed by atoms with E-state index in [1.807, 2.05) is 12.3 Å². The maximum absolute atomic E-state index is 5.92. The zero-order valence-electron chi connectivity index (χ0n) is 12.8. The van der Waals surface area contributed by atoms with Crippen LogP contribution in [0.1, 0.15) is 42.5 Å². The van der Waals surface area contributed by atoms with Crippen molar-refractivity contribution in [1.82, 2.24) is 4.98 Å². The average molecular weight is 315 g/mol. The van der Waals surface area contributed by atoms with E-state index in [-0.39, 0.29) is 0 Å². The summed E-state index contributed by atoms with van der Waals surface area (Å²) in [6.45, 7) is 2.68. The van der Waals surface area contributed by atoms with Crippen molar-refractivity contribution in [2.24, 2.45) is 5.10 Å². The lowest BCUT2D eigenvalue weighted by Gasteiger charge is -2.10. The molecule has 1 fully saturated rings. The summed E-state index contributed by atoms with van der Waals surface area (Å²) in [5.74, 6) is 0. The van der Waals surface area contributed by atoms with E-state index >= 15 is 0 Å². The van der Waals surface area contributed by atoms with Gasteiger partial charge in [0, 0.05) is 5.38 Å². The van der Waals surface area contributed by atoms with Gasteiger partial charge in [0.25, 0.3) is 0 Å². The minimum Gasteiger partial charge on any atom is -0.374 e. The second kappa shape index (κ2) is 7.51. The van der Waals surface area contributed by atoms with Crippen LogP contribution in [0.5, 0.6) is 0 Å². The van der Waals surface area contributed by atoms with Crippen molar-refractivity contribution in [1.29, 1.82) is 0 Å². The molecular weight excluding hydrogens is 294 g/mol. The molecule has 0 saturated heterocycles. The monoisotopic (exact) mass is 315 g/mol. The third-order valence-electron chi connectivity index (χ3n) is 3.76. The molecule has 116 valence electrons. The Hall–Kier alpha value is -1.72. The summed E-state index contributed by atoms with van der Waals surface area (Å²) in [6, 6.07) is 8.32. The van der Waals surface area contributed by atoms with E-state index in [1.54, 1.807) is 17.6 Å². The molecule has 1 N–H and O–H groups in total. The Morgan fingerprint density at radius 3 is 2.77 bits per heavy atom. The van der Waals surface area contributed by atoms with Crippen LogP contribution in [0.2, 0.25) is 0 Å².